The molecule has 0 aromatic carbocycles. The van der Waals surface area contributed by atoms with Crippen LogP contribution < -0.4 is 0 Å². The molecular weight excluding hydrogens is 228 g/mol. The molecular formula is C14H28O2Si. The molecule has 100 valence electrons. The lowest BCUT2D eigenvalue weighted by atomic mass is 10.0. The molecule has 3 heteroatoms. The van der Waals surface area contributed by atoms with Crippen molar-refractivity contribution in [1.82, 2.24) is 0 Å². The lowest BCUT2D eigenvalue weighted by Gasteiger charge is -2.36. The highest BCUT2D eigenvalue weighted by atomic mass is 28.4. The lowest BCUT2D eigenvalue weighted by Crippen LogP contribution is -2.41. The molecule has 0 aliphatic rings. The van der Waals surface area contributed by atoms with Crippen molar-refractivity contribution >= 4 is 8.32 Å². The highest BCUT2D eigenvalue weighted by molar-refractivity contribution is 6.74. The molecule has 0 saturated carbocycles. The minimum absolute atomic E-state index is 0.0435. The van der Waals surface area contributed by atoms with Crippen LogP contribution in [0.25, 0.3) is 0 Å². The van der Waals surface area contributed by atoms with E-state index in [9.17, 15) is 5.11 Å². The average Bonchev–Trinajstić information content (AvgIpc) is 2.17. The van der Waals surface area contributed by atoms with Crippen LogP contribution in [0.2, 0.25) is 18.1 Å². The quantitative estimate of drug-likeness (QED) is 0.555. The maximum absolute atomic E-state index is 9.90. The van der Waals surface area contributed by atoms with Crippen LogP contribution in [0, 0.1) is 5.92 Å². The number of rotatable bonds is 7. The van der Waals surface area contributed by atoms with Crippen molar-refractivity contribution in [3.05, 3.63) is 25.3 Å². The van der Waals surface area contributed by atoms with Gasteiger partial charge >= 0.3 is 0 Å². The Hall–Kier alpha value is -0.383. The number of hydrogen-bond donors (Lipinski definition) is 1. The van der Waals surface area contributed by atoms with E-state index in [1.165, 1.54) is 0 Å². The Balaban J connectivity index is 4.16. The van der Waals surface area contributed by atoms with Crippen molar-refractivity contribution in [3.63, 3.8) is 0 Å². The van der Waals surface area contributed by atoms with Gasteiger partial charge in [0.05, 0.1) is 6.10 Å². The van der Waals surface area contributed by atoms with Crippen LogP contribution in [0.5, 0.6) is 0 Å². The van der Waals surface area contributed by atoms with Gasteiger partial charge in [0, 0.05) is 12.5 Å². The Morgan fingerprint density at radius 2 is 1.71 bits per heavy atom. The predicted octanol–water partition coefficient (Wildman–Crippen LogP) is 3.75. The van der Waals surface area contributed by atoms with Crippen LogP contribution in [0.1, 0.15) is 27.2 Å². The molecule has 0 spiro atoms. The summed E-state index contributed by atoms with van der Waals surface area (Å²) in [6.45, 7) is 19.1. The molecule has 0 fully saturated rings. The molecule has 0 radical (unpaired) electrons. The van der Waals surface area contributed by atoms with Crippen molar-refractivity contribution < 1.29 is 9.53 Å². The first-order valence-corrected chi connectivity index (χ1v) is 9.13. The Morgan fingerprint density at radius 1 is 1.24 bits per heavy atom. The standard InChI is InChI=1S/C14H28O2Si/c1-8-12(9-2)13(15)10-11-16-17(6,7)14(3,4)5/h8-9,12-13,15H,1-2,10-11H2,3-7H3. The second-order valence-electron chi connectivity index (χ2n) is 6.01. The summed E-state index contributed by atoms with van der Waals surface area (Å²) in [5, 5.41) is 10.1. The van der Waals surface area contributed by atoms with E-state index in [4.69, 9.17) is 4.43 Å². The summed E-state index contributed by atoms with van der Waals surface area (Å²) in [5.74, 6) is -0.0435. The zero-order valence-corrected chi connectivity index (χ0v) is 13.0. The van der Waals surface area contributed by atoms with E-state index in [-0.39, 0.29) is 11.0 Å². The molecule has 0 aliphatic heterocycles. The van der Waals surface area contributed by atoms with Gasteiger partial charge in [-0.15, -0.1) is 13.2 Å². The van der Waals surface area contributed by atoms with Crippen molar-refractivity contribution in [3.8, 4) is 0 Å². The van der Waals surface area contributed by atoms with E-state index in [2.05, 4.69) is 47.0 Å². The molecule has 17 heavy (non-hydrogen) atoms. The van der Waals surface area contributed by atoms with Crippen molar-refractivity contribution in [1.29, 1.82) is 0 Å². The fraction of sp³-hybridized carbons (Fsp3) is 0.714. The van der Waals surface area contributed by atoms with Gasteiger partial charge in [-0.3, -0.25) is 0 Å². The van der Waals surface area contributed by atoms with Gasteiger partial charge in [0.25, 0.3) is 0 Å². The van der Waals surface area contributed by atoms with E-state index >= 15 is 0 Å². The Morgan fingerprint density at radius 3 is 2.06 bits per heavy atom. The number of aliphatic hydroxyl groups excluding tert-OH is 1. The van der Waals surface area contributed by atoms with E-state index in [0.717, 1.165) is 0 Å². The van der Waals surface area contributed by atoms with Gasteiger partial charge in [-0.1, -0.05) is 32.9 Å². The molecule has 0 heterocycles. The molecule has 2 nitrogen and oxygen atoms in total. The van der Waals surface area contributed by atoms with Gasteiger partial charge < -0.3 is 9.53 Å². The van der Waals surface area contributed by atoms with Gasteiger partial charge in [0.15, 0.2) is 8.32 Å². The highest BCUT2D eigenvalue weighted by Crippen LogP contribution is 2.36. The zero-order valence-electron chi connectivity index (χ0n) is 12.0. The number of hydrogen-bond acceptors (Lipinski definition) is 2. The van der Waals surface area contributed by atoms with Gasteiger partial charge in [0.2, 0.25) is 0 Å². The Bertz CT molecular complexity index is 245. The van der Waals surface area contributed by atoms with Gasteiger partial charge in [-0.2, -0.15) is 0 Å². The molecule has 0 rings (SSSR count). The SMILES string of the molecule is C=CC(C=C)C(O)CCO[Si](C)(C)C(C)(C)C. The maximum atomic E-state index is 9.90. The van der Waals surface area contributed by atoms with Gasteiger partial charge in [0.1, 0.15) is 0 Å². The molecule has 0 aromatic rings. The molecule has 0 aromatic heterocycles. The van der Waals surface area contributed by atoms with Crippen molar-refractivity contribution in [2.24, 2.45) is 5.92 Å². The van der Waals surface area contributed by atoms with E-state index in [1.807, 2.05) is 0 Å². The predicted molar refractivity (Wildman–Crippen MR) is 77.7 cm³/mol. The Kier molecular flexibility index (Phi) is 6.38. The molecule has 0 bridgehead atoms. The maximum Gasteiger partial charge on any atom is 0.191 e. The highest BCUT2D eigenvalue weighted by Gasteiger charge is 2.37. The number of aliphatic hydroxyl groups is 1. The summed E-state index contributed by atoms with van der Waals surface area (Å²) >= 11 is 0. The second-order valence-corrected chi connectivity index (χ2v) is 10.8. The summed E-state index contributed by atoms with van der Waals surface area (Å²) in [7, 11) is -1.69. The smallest absolute Gasteiger partial charge is 0.191 e. The third-order valence-corrected chi connectivity index (χ3v) is 8.21. The first-order chi connectivity index (χ1) is 7.65. The van der Waals surface area contributed by atoms with Crippen LogP contribution in [0.15, 0.2) is 25.3 Å². The van der Waals surface area contributed by atoms with Crippen molar-refractivity contribution in [2.45, 2.75) is 51.4 Å². The molecule has 0 saturated heterocycles. The topological polar surface area (TPSA) is 29.5 Å². The van der Waals surface area contributed by atoms with Crippen LogP contribution in [0.3, 0.4) is 0 Å². The van der Waals surface area contributed by atoms with Gasteiger partial charge in [-0.25, -0.2) is 0 Å². The molecule has 1 atom stereocenters. The largest absolute Gasteiger partial charge is 0.417 e. The van der Waals surface area contributed by atoms with E-state index in [0.29, 0.717) is 13.0 Å². The Labute approximate surface area is 108 Å². The van der Waals surface area contributed by atoms with Crippen LogP contribution in [-0.2, 0) is 4.43 Å². The molecule has 1 unspecified atom stereocenters. The monoisotopic (exact) mass is 256 g/mol. The van der Waals surface area contributed by atoms with E-state index in [1.54, 1.807) is 12.2 Å². The molecule has 1 N–H and O–H groups in total. The lowest BCUT2D eigenvalue weighted by molar-refractivity contribution is 0.114. The molecule has 0 aliphatic carbocycles. The summed E-state index contributed by atoms with van der Waals surface area (Å²) in [6.07, 6.45) is 3.65. The third-order valence-electron chi connectivity index (χ3n) is 3.67. The second kappa shape index (κ2) is 6.52. The fourth-order valence-corrected chi connectivity index (χ4v) is 2.32. The minimum atomic E-state index is -1.69. The third kappa shape index (κ3) is 5.19. The first-order valence-electron chi connectivity index (χ1n) is 6.23. The molecule has 0 amide bonds. The summed E-state index contributed by atoms with van der Waals surface area (Å²) in [5.41, 5.74) is 0. The average molecular weight is 256 g/mol. The first kappa shape index (κ1) is 16.6. The summed E-state index contributed by atoms with van der Waals surface area (Å²) < 4.78 is 6.01. The van der Waals surface area contributed by atoms with Crippen LogP contribution in [-0.4, -0.2) is 26.1 Å². The van der Waals surface area contributed by atoms with E-state index < -0.39 is 14.4 Å². The zero-order chi connectivity index (χ0) is 13.7. The normalized spacial score (nSPS) is 14.8. The van der Waals surface area contributed by atoms with Gasteiger partial charge in [-0.05, 0) is 24.6 Å². The summed E-state index contributed by atoms with van der Waals surface area (Å²) in [4.78, 5) is 0. The fourth-order valence-electron chi connectivity index (χ4n) is 1.25. The minimum Gasteiger partial charge on any atom is -0.417 e. The van der Waals surface area contributed by atoms with Crippen molar-refractivity contribution in [2.75, 3.05) is 6.61 Å². The van der Waals surface area contributed by atoms with Crippen LogP contribution >= 0.6 is 0 Å². The summed E-state index contributed by atoms with van der Waals surface area (Å²) in [6, 6.07) is 0. The van der Waals surface area contributed by atoms with Crippen LogP contribution in [0.4, 0.5) is 0 Å².